The molecule has 0 radical (unpaired) electrons. The van der Waals surface area contributed by atoms with Crippen LogP contribution < -0.4 is 0 Å². The van der Waals surface area contributed by atoms with E-state index >= 15 is 0 Å². The predicted molar refractivity (Wildman–Crippen MR) is 43.7 cm³/mol. The molecule has 5 nitrogen and oxygen atoms in total. The van der Waals surface area contributed by atoms with Crippen molar-refractivity contribution in [2.24, 2.45) is 0 Å². The molecule has 0 saturated heterocycles. The fourth-order valence-electron chi connectivity index (χ4n) is 1.25. The molecule has 5 heteroatoms. The predicted octanol–water partition coefficient (Wildman–Crippen LogP) is 0.714. The van der Waals surface area contributed by atoms with Crippen LogP contribution in [-0.2, 0) is 0 Å². The highest BCUT2D eigenvalue weighted by Gasteiger charge is 2.11. The van der Waals surface area contributed by atoms with Crippen LogP contribution in [-0.4, -0.2) is 14.6 Å². The summed E-state index contributed by atoms with van der Waals surface area (Å²) in [5, 5.41) is 20.3. The Labute approximate surface area is 73.8 Å². The van der Waals surface area contributed by atoms with Gasteiger partial charge in [0.05, 0.1) is 5.56 Å². The maximum atomic E-state index is 8.78. The number of fused-ring (bicyclic) bond motifs is 1. The Bertz CT molecular complexity index is 545. The third kappa shape index (κ3) is 0.878. The van der Waals surface area contributed by atoms with Gasteiger partial charge in [0.15, 0.2) is 11.3 Å². The molecule has 62 valence electrons. The lowest BCUT2D eigenvalue weighted by atomic mass is 10.3. The average Bonchev–Trinajstić information content (AvgIpc) is 2.59. The van der Waals surface area contributed by atoms with E-state index < -0.39 is 0 Å². The van der Waals surface area contributed by atoms with Gasteiger partial charge in [-0.15, -0.1) is 0 Å². The van der Waals surface area contributed by atoms with Crippen molar-refractivity contribution in [3.63, 3.8) is 0 Å². The van der Waals surface area contributed by atoms with Gasteiger partial charge in [-0.25, -0.2) is 9.50 Å². The SMILES string of the molecule is Cc1nc2cc(C#N)c(C#N)n2[nH]1. The molecule has 2 heterocycles. The summed E-state index contributed by atoms with van der Waals surface area (Å²) in [6.07, 6.45) is 0. The van der Waals surface area contributed by atoms with Crippen molar-refractivity contribution < 1.29 is 0 Å². The van der Waals surface area contributed by atoms with E-state index in [1.54, 1.807) is 13.0 Å². The minimum absolute atomic E-state index is 0.304. The van der Waals surface area contributed by atoms with Gasteiger partial charge < -0.3 is 0 Å². The molecule has 0 aliphatic rings. The van der Waals surface area contributed by atoms with Gasteiger partial charge in [0.2, 0.25) is 0 Å². The molecule has 0 spiro atoms. The van der Waals surface area contributed by atoms with Crippen molar-refractivity contribution >= 4 is 5.65 Å². The molecule has 2 rings (SSSR count). The molecule has 13 heavy (non-hydrogen) atoms. The fraction of sp³-hybridized carbons (Fsp3) is 0.125. The highest BCUT2D eigenvalue weighted by atomic mass is 15.3. The van der Waals surface area contributed by atoms with E-state index in [1.165, 1.54) is 4.52 Å². The average molecular weight is 171 g/mol. The molecule has 0 unspecified atom stereocenters. The second-order valence-corrected chi connectivity index (χ2v) is 2.63. The lowest BCUT2D eigenvalue weighted by molar-refractivity contribution is 0.924. The van der Waals surface area contributed by atoms with Crippen LogP contribution in [0.15, 0.2) is 6.07 Å². The lowest BCUT2D eigenvalue weighted by Gasteiger charge is -1.85. The summed E-state index contributed by atoms with van der Waals surface area (Å²) in [4.78, 5) is 4.10. The maximum Gasteiger partial charge on any atom is 0.160 e. The standard InChI is InChI=1S/C8H5N5/c1-5-11-8-2-6(3-9)7(4-10)13(8)12-5/h2H,1H3,(H,11,12). The molecule has 0 fully saturated rings. The number of nitrogens with zero attached hydrogens (tertiary/aromatic N) is 4. The number of rotatable bonds is 0. The molecule has 2 aromatic heterocycles. The van der Waals surface area contributed by atoms with E-state index in [0.717, 1.165) is 5.82 Å². The third-order valence-electron chi connectivity index (χ3n) is 1.76. The molecule has 0 atom stereocenters. The van der Waals surface area contributed by atoms with Crippen molar-refractivity contribution in [2.75, 3.05) is 0 Å². The summed E-state index contributed by atoms with van der Waals surface area (Å²) in [5.74, 6) is 0.719. The highest BCUT2D eigenvalue weighted by molar-refractivity contribution is 5.55. The Hall–Kier alpha value is -2.27. The van der Waals surface area contributed by atoms with Gasteiger partial charge in [-0.05, 0) is 6.92 Å². The molecule has 0 bridgehead atoms. The minimum atomic E-state index is 0.304. The number of nitriles is 2. The van der Waals surface area contributed by atoms with Gasteiger partial charge in [0.25, 0.3) is 0 Å². The molecule has 0 saturated carbocycles. The Morgan fingerprint density at radius 2 is 2.23 bits per heavy atom. The first-order valence-corrected chi connectivity index (χ1v) is 3.64. The number of aromatic amines is 1. The van der Waals surface area contributed by atoms with Gasteiger partial charge in [-0.3, -0.25) is 5.10 Å². The Kier molecular flexibility index (Phi) is 1.34. The van der Waals surface area contributed by atoms with Gasteiger partial charge in [0, 0.05) is 6.07 Å². The van der Waals surface area contributed by atoms with Crippen LogP contribution in [0.4, 0.5) is 0 Å². The molecule has 0 aliphatic carbocycles. The highest BCUT2D eigenvalue weighted by Crippen LogP contribution is 2.12. The zero-order valence-electron chi connectivity index (χ0n) is 6.87. The number of hydrogen-bond donors (Lipinski definition) is 1. The van der Waals surface area contributed by atoms with E-state index in [1.807, 2.05) is 12.1 Å². The van der Waals surface area contributed by atoms with E-state index in [-0.39, 0.29) is 0 Å². The van der Waals surface area contributed by atoms with E-state index in [9.17, 15) is 0 Å². The van der Waals surface area contributed by atoms with Crippen LogP contribution in [0.25, 0.3) is 5.65 Å². The smallest absolute Gasteiger partial charge is 0.160 e. The van der Waals surface area contributed by atoms with Crippen molar-refractivity contribution in [1.82, 2.24) is 14.6 Å². The quantitative estimate of drug-likeness (QED) is 0.633. The van der Waals surface area contributed by atoms with Crippen molar-refractivity contribution in [1.29, 1.82) is 10.5 Å². The molecule has 2 aromatic rings. The van der Waals surface area contributed by atoms with Crippen molar-refractivity contribution in [3.05, 3.63) is 23.1 Å². The zero-order chi connectivity index (χ0) is 9.42. The van der Waals surface area contributed by atoms with Crippen LogP contribution in [0.3, 0.4) is 0 Å². The molecule has 0 amide bonds. The topological polar surface area (TPSA) is 80.7 Å². The largest absolute Gasteiger partial charge is 0.279 e. The maximum absolute atomic E-state index is 8.78. The number of hydrogen-bond acceptors (Lipinski definition) is 3. The first kappa shape index (κ1) is 7.38. The summed E-state index contributed by atoms with van der Waals surface area (Å²) in [5.41, 5.74) is 1.25. The Morgan fingerprint density at radius 3 is 2.85 bits per heavy atom. The molecule has 0 aromatic carbocycles. The number of aryl methyl sites for hydroxylation is 1. The fourth-order valence-corrected chi connectivity index (χ4v) is 1.25. The van der Waals surface area contributed by atoms with Crippen LogP contribution >= 0.6 is 0 Å². The summed E-state index contributed by atoms with van der Waals surface area (Å²) in [6.45, 7) is 1.79. The summed E-state index contributed by atoms with van der Waals surface area (Å²) in [6, 6.07) is 5.48. The lowest BCUT2D eigenvalue weighted by Crippen LogP contribution is -1.89. The Morgan fingerprint density at radius 1 is 1.46 bits per heavy atom. The second kappa shape index (κ2) is 2.36. The van der Waals surface area contributed by atoms with Crippen molar-refractivity contribution in [2.45, 2.75) is 6.92 Å². The van der Waals surface area contributed by atoms with Gasteiger partial charge in [0.1, 0.15) is 18.0 Å². The number of aromatic nitrogens is 3. The van der Waals surface area contributed by atoms with E-state index in [0.29, 0.717) is 16.9 Å². The van der Waals surface area contributed by atoms with Gasteiger partial charge in [-0.2, -0.15) is 10.5 Å². The third-order valence-corrected chi connectivity index (χ3v) is 1.76. The van der Waals surface area contributed by atoms with Crippen molar-refractivity contribution in [3.8, 4) is 12.1 Å². The normalized spacial score (nSPS) is 9.77. The summed E-state index contributed by atoms with van der Waals surface area (Å²) >= 11 is 0. The molecule has 1 N–H and O–H groups in total. The molecule has 0 aliphatic heterocycles. The van der Waals surface area contributed by atoms with Crippen LogP contribution in [0.5, 0.6) is 0 Å². The van der Waals surface area contributed by atoms with Gasteiger partial charge in [-0.1, -0.05) is 0 Å². The minimum Gasteiger partial charge on any atom is -0.279 e. The van der Waals surface area contributed by atoms with E-state index in [2.05, 4.69) is 10.1 Å². The summed E-state index contributed by atoms with van der Waals surface area (Å²) < 4.78 is 1.51. The zero-order valence-corrected chi connectivity index (χ0v) is 6.87. The Balaban J connectivity index is 2.89. The molecular formula is C8H5N5. The monoisotopic (exact) mass is 171 g/mol. The first-order chi connectivity index (χ1) is 6.26. The molecular weight excluding hydrogens is 166 g/mol. The van der Waals surface area contributed by atoms with Crippen LogP contribution in [0.2, 0.25) is 0 Å². The van der Waals surface area contributed by atoms with E-state index in [4.69, 9.17) is 10.5 Å². The van der Waals surface area contributed by atoms with Crippen LogP contribution in [0.1, 0.15) is 17.1 Å². The number of H-pyrrole nitrogens is 1. The first-order valence-electron chi connectivity index (χ1n) is 3.64. The second-order valence-electron chi connectivity index (χ2n) is 2.63. The van der Waals surface area contributed by atoms with Gasteiger partial charge >= 0.3 is 0 Å². The van der Waals surface area contributed by atoms with Crippen LogP contribution in [0, 0.1) is 29.6 Å². The number of nitrogens with one attached hydrogen (secondary N) is 1. The summed E-state index contributed by atoms with van der Waals surface area (Å²) in [7, 11) is 0.